The predicted octanol–water partition coefficient (Wildman–Crippen LogP) is 4.21. The molecule has 2 nitrogen and oxygen atoms in total. The summed E-state index contributed by atoms with van der Waals surface area (Å²) in [5.74, 6) is -0.233. The van der Waals surface area contributed by atoms with Crippen molar-refractivity contribution in [2.75, 3.05) is 17.7 Å². The second kappa shape index (κ2) is 6.43. The Labute approximate surface area is 132 Å². The summed E-state index contributed by atoms with van der Waals surface area (Å²) >= 11 is 1.95. The number of anilines is 2. The first-order valence-corrected chi connectivity index (χ1v) is 7.62. The van der Waals surface area contributed by atoms with Crippen molar-refractivity contribution in [3.63, 3.8) is 0 Å². The van der Waals surface area contributed by atoms with E-state index in [1.165, 1.54) is 17.2 Å². The van der Waals surface area contributed by atoms with Crippen molar-refractivity contribution in [2.45, 2.75) is 19.9 Å². The van der Waals surface area contributed by atoms with Gasteiger partial charge in [0.1, 0.15) is 5.82 Å². The molecule has 0 saturated heterocycles. The predicted molar refractivity (Wildman–Crippen MR) is 91.5 cm³/mol. The third-order valence-electron chi connectivity index (χ3n) is 3.33. The second-order valence-electron chi connectivity index (χ2n) is 4.85. The number of aryl methyl sites for hydroxylation is 1. The van der Waals surface area contributed by atoms with E-state index >= 15 is 0 Å². The SMILES string of the molecule is CCc1ccc(CN(C)c2cc(F)c(I)cc2N)cc1. The normalized spacial score (nSPS) is 10.6. The molecular weight excluding hydrogens is 366 g/mol. The molecule has 2 N–H and O–H groups in total. The zero-order valence-electron chi connectivity index (χ0n) is 11.7. The van der Waals surface area contributed by atoms with Gasteiger partial charge in [0.05, 0.1) is 14.9 Å². The average molecular weight is 384 g/mol. The maximum Gasteiger partial charge on any atom is 0.138 e. The van der Waals surface area contributed by atoms with E-state index in [2.05, 4.69) is 31.2 Å². The smallest absolute Gasteiger partial charge is 0.138 e. The summed E-state index contributed by atoms with van der Waals surface area (Å²) in [5, 5.41) is 0. The monoisotopic (exact) mass is 384 g/mol. The van der Waals surface area contributed by atoms with E-state index in [1.54, 1.807) is 6.07 Å². The van der Waals surface area contributed by atoms with E-state index < -0.39 is 0 Å². The van der Waals surface area contributed by atoms with E-state index in [1.807, 2.05) is 34.5 Å². The van der Waals surface area contributed by atoms with Gasteiger partial charge in [0.25, 0.3) is 0 Å². The quantitative estimate of drug-likeness (QED) is 0.632. The van der Waals surface area contributed by atoms with Gasteiger partial charge in [0.2, 0.25) is 0 Å². The van der Waals surface area contributed by atoms with Gasteiger partial charge in [-0.15, -0.1) is 0 Å². The van der Waals surface area contributed by atoms with E-state index in [4.69, 9.17) is 5.73 Å². The number of halogens is 2. The fourth-order valence-electron chi connectivity index (χ4n) is 2.12. The van der Waals surface area contributed by atoms with E-state index in [0.717, 1.165) is 12.1 Å². The number of nitrogens with zero attached hydrogens (tertiary/aromatic N) is 1. The Morgan fingerprint density at radius 1 is 1.15 bits per heavy atom. The summed E-state index contributed by atoms with van der Waals surface area (Å²) in [6, 6.07) is 11.6. The van der Waals surface area contributed by atoms with Crippen molar-refractivity contribution in [1.82, 2.24) is 0 Å². The minimum Gasteiger partial charge on any atom is -0.397 e. The fraction of sp³-hybridized carbons (Fsp3) is 0.250. The lowest BCUT2D eigenvalue weighted by Crippen LogP contribution is -2.18. The van der Waals surface area contributed by atoms with Crippen molar-refractivity contribution < 1.29 is 4.39 Å². The molecule has 0 atom stereocenters. The van der Waals surface area contributed by atoms with Gasteiger partial charge in [-0.1, -0.05) is 31.2 Å². The van der Waals surface area contributed by atoms with Crippen LogP contribution in [-0.4, -0.2) is 7.05 Å². The molecule has 0 saturated carbocycles. The van der Waals surface area contributed by atoms with Gasteiger partial charge >= 0.3 is 0 Å². The Morgan fingerprint density at radius 2 is 1.75 bits per heavy atom. The van der Waals surface area contributed by atoms with Crippen molar-refractivity contribution in [3.05, 3.63) is 56.9 Å². The Hall–Kier alpha value is -1.30. The fourth-order valence-corrected chi connectivity index (χ4v) is 2.61. The summed E-state index contributed by atoms with van der Waals surface area (Å²) in [6.07, 6.45) is 1.03. The van der Waals surface area contributed by atoms with Crippen molar-refractivity contribution in [1.29, 1.82) is 0 Å². The molecule has 0 bridgehead atoms. The molecule has 0 spiro atoms. The number of nitrogen functional groups attached to an aromatic ring is 1. The lowest BCUT2D eigenvalue weighted by Gasteiger charge is -2.21. The van der Waals surface area contributed by atoms with Crippen molar-refractivity contribution >= 4 is 34.0 Å². The van der Waals surface area contributed by atoms with Crippen LogP contribution in [-0.2, 0) is 13.0 Å². The van der Waals surface area contributed by atoms with Crippen molar-refractivity contribution in [3.8, 4) is 0 Å². The average Bonchev–Trinajstić information content (AvgIpc) is 2.43. The number of hydrogen-bond acceptors (Lipinski definition) is 2. The maximum absolute atomic E-state index is 13.7. The largest absolute Gasteiger partial charge is 0.397 e. The van der Waals surface area contributed by atoms with Crippen LogP contribution in [0.2, 0.25) is 0 Å². The molecule has 0 heterocycles. The highest BCUT2D eigenvalue weighted by Crippen LogP contribution is 2.27. The molecule has 0 aliphatic carbocycles. The summed E-state index contributed by atoms with van der Waals surface area (Å²) < 4.78 is 14.2. The summed E-state index contributed by atoms with van der Waals surface area (Å²) in [5.41, 5.74) is 9.80. The third-order valence-corrected chi connectivity index (χ3v) is 4.16. The number of hydrogen-bond donors (Lipinski definition) is 1. The van der Waals surface area contributed by atoms with E-state index in [-0.39, 0.29) is 5.82 Å². The Bertz CT molecular complexity index is 596. The van der Waals surface area contributed by atoms with Gasteiger partial charge in [-0.25, -0.2) is 4.39 Å². The molecule has 0 aliphatic rings. The van der Waals surface area contributed by atoms with Crippen LogP contribution in [0.3, 0.4) is 0 Å². The molecule has 106 valence electrons. The van der Waals surface area contributed by atoms with Crippen LogP contribution >= 0.6 is 22.6 Å². The van der Waals surface area contributed by atoms with Gasteiger partial charge in [-0.2, -0.15) is 0 Å². The molecule has 0 unspecified atom stereocenters. The minimum absolute atomic E-state index is 0.233. The zero-order valence-corrected chi connectivity index (χ0v) is 13.8. The molecule has 4 heteroatoms. The lowest BCUT2D eigenvalue weighted by atomic mass is 10.1. The maximum atomic E-state index is 13.7. The number of benzene rings is 2. The van der Waals surface area contributed by atoms with Crippen LogP contribution in [0.15, 0.2) is 36.4 Å². The Kier molecular flexibility index (Phi) is 4.86. The highest BCUT2D eigenvalue weighted by molar-refractivity contribution is 14.1. The van der Waals surface area contributed by atoms with Gasteiger partial charge < -0.3 is 10.6 Å². The van der Waals surface area contributed by atoms with E-state index in [9.17, 15) is 4.39 Å². The first kappa shape index (κ1) is 15.1. The molecule has 0 aliphatic heterocycles. The van der Waals surface area contributed by atoms with Crippen LogP contribution < -0.4 is 10.6 Å². The third kappa shape index (κ3) is 3.42. The summed E-state index contributed by atoms with van der Waals surface area (Å²) in [4.78, 5) is 1.97. The van der Waals surface area contributed by atoms with Crippen LogP contribution in [0.25, 0.3) is 0 Å². The van der Waals surface area contributed by atoms with Crippen LogP contribution in [0, 0.1) is 9.39 Å². The number of nitrogens with two attached hydrogens (primary N) is 1. The molecule has 0 radical (unpaired) electrons. The molecule has 20 heavy (non-hydrogen) atoms. The first-order chi connectivity index (χ1) is 9.51. The molecule has 0 aromatic heterocycles. The van der Waals surface area contributed by atoms with Crippen LogP contribution in [0.5, 0.6) is 0 Å². The second-order valence-corrected chi connectivity index (χ2v) is 6.01. The van der Waals surface area contributed by atoms with Gasteiger partial charge in [-0.05, 0) is 46.2 Å². The summed E-state index contributed by atoms with van der Waals surface area (Å²) in [7, 11) is 1.92. The van der Waals surface area contributed by atoms with Gasteiger partial charge in [-0.3, -0.25) is 0 Å². The highest BCUT2D eigenvalue weighted by atomic mass is 127. The molecule has 2 aromatic carbocycles. The molecule has 2 rings (SSSR count). The molecule has 2 aromatic rings. The molecule has 0 fully saturated rings. The highest BCUT2D eigenvalue weighted by Gasteiger charge is 2.10. The van der Waals surface area contributed by atoms with Crippen molar-refractivity contribution in [2.24, 2.45) is 0 Å². The summed E-state index contributed by atoms with van der Waals surface area (Å²) in [6.45, 7) is 2.84. The lowest BCUT2D eigenvalue weighted by molar-refractivity contribution is 0.620. The van der Waals surface area contributed by atoms with E-state index in [0.29, 0.717) is 15.8 Å². The molecular formula is C16H18FIN2. The Morgan fingerprint density at radius 3 is 2.35 bits per heavy atom. The van der Waals surface area contributed by atoms with Crippen LogP contribution in [0.1, 0.15) is 18.1 Å². The first-order valence-electron chi connectivity index (χ1n) is 6.54. The van der Waals surface area contributed by atoms with Gasteiger partial charge in [0.15, 0.2) is 0 Å². The van der Waals surface area contributed by atoms with Crippen LogP contribution in [0.4, 0.5) is 15.8 Å². The standard InChI is InChI=1S/C16H18FIN2/c1-3-11-4-6-12(7-5-11)10-20(2)16-8-13(17)14(18)9-15(16)19/h4-9H,3,10,19H2,1-2H3. The van der Waals surface area contributed by atoms with Gasteiger partial charge in [0, 0.05) is 19.7 Å². The number of rotatable bonds is 4. The topological polar surface area (TPSA) is 29.3 Å². The zero-order chi connectivity index (χ0) is 14.7. The minimum atomic E-state index is -0.233. The molecule has 0 amide bonds. The Balaban J connectivity index is 2.18.